The van der Waals surface area contributed by atoms with Gasteiger partial charge in [0.1, 0.15) is 24.7 Å². The molecule has 3 aromatic carbocycles. The van der Waals surface area contributed by atoms with Crippen molar-refractivity contribution in [2.75, 3.05) is 20.3 Å². The smallest absolute Gasteiger partial charge is 0.337 e. The Kier molecular flexibility index (Phi) is 9.11. The Balaban J connectivity index is 1.53. The van der Waals surface area contributed by atoms with E-state index in [1.807, 2.05) is 54.6 Å². The summed E-state index contributed by atoms with van der Waals surface area (Å²) in [6.07, 6.45) is 6.35. The van der Waals surface area contributed by atoms with Crippen LogP contribution in [0.1, 0.15) is 6.92 Å². The van der Waals surface area contributed by atoms with E-state index in [1.165, 1.54) is 6.26 Å². The SMILES string of the molecule is C=C(C)C(=O)O/C=C/COc1ccc(-c2ccc(-c3ccc(OC/C=C/OC)cc3)cc2)cc1. The molecule has 0 amide bonds. The highest BCUT2D eigenvalue weighted by molar-refractivity contribution is 5.87. The van der Waals surface area contributed by atoms with Crippen molar-refractivity contribution in [3.8, 4) is 33.8 Å². The zero-order valence-electron chi connectivity index (χ0n) is 19.4. The van der Waals surface area contributed by atoms with Gasteiger partial charge in [-0.3, -0.25) is 0 Å². The van der Waals surface area contributed by atoms with Crippen molar-refractivity contribution < 1.29 is 23.7 Å². The van der Waals surface area contributed by atoms with Crippen LogP contribution in [0.5, 0.6) is 11.5 Å². The monoisotopic (exact) mass is 456 g/mol. The van der Waals surface area contributed by atoms with Gasteiger partial charge < -0.3 is 18.9 Å². The molecular formula is C29H28O5. The van der Waals surface area contributed by atoms with Gasteiger partial charge in [0.2, 0.25) is 0 Å². The second-order valence-electron chi connectivity index (χ2n) is 7.41. The molecule has 0 bridgehead atoms. The van der Waals surface area contributed by atoms with Crippen LogP contribution in [0, 0.1) is 0 Å². The number of hydrogen-bond donors (Lipinski definition) is 0. The molecule has 3 aromatic rings. The number of methoxy groups -OCH3 is 1. The van der Waals surface area contributed by atoms with Gasteiger partial charge in [-0.2, -0.15) is 0 Å². The summed E-state index contributed by atoms with van der Waals surface area (Å²) < 4.78 is 21.0. The molecule has 0 atom stereocenters. The van der Waals surface area contributed by atoms with Crippen molar-refractivity contribution in [2.45, 2.75) is 6.92 Å². The molecule has 0 aliphatic carbocycles. The number of carbonyl (C=O) groups excluding carboxylic acids is 1. The van der Waals surface area contributed by atoms with Crippen molar-refractivity contribution in [1.82, 2.24) is 0 Å². The lowest BCUT2D eigenvalue weighted by Crippen LogP contribution is -2.00. The Morgan fingerprint density at radius 3 is 1.47 bits per heavy atom. The maximum atomic E-state index is 11.3. The van der Waals surface area contributed by atoms with Gasteiger partial charge in [0.15, 0.2) is 0 Å². The molecule has 0 saturated heterocycles. The molecule has 0 aliphatic heterocycles. The average molecular weight is 457 g/mol. The van der Waals surface area contributed by atoms with Gasteiger partial charge >= 0.3 is 5.97 Å². The van der Waals surface area contributed by atoms with Crippen molar-refractivity contribution in [3.05, 3.63) is 110 Å². The fourth-order valence-corrected chi connectivity index (χ4v) is 3.02. The largest absolute Gasteiger partial charge is 0.505 e. The van der Waals surface area contributed by atoms with Crippen molar-refractivity contribution in [1.29, 1.82) is 0 Å². The van der Waals surface area contributed by atoms with Crippen LogP contribution >= 0.6 is 0 Å². The highest BCUT2D eigenvalue weighted by atomic mass is 16.5. The predicted octanol–water partition coefficient (Wildman–Crippen LogP) is 6.57. The normalized spacial score (nSPS) is 10.9. The van der Waals surface area contributed by atoms with E-state index in [2.05, 4.69) is 30.8 Å². The summed E-state index contributed by atoms with van der Waals surface area (Å²) in [5.41, 5.74) is 4.82. The number of hydrogen-bond acceptors (Lipinski definition) is 5. The van der Waals surface area contributed by atoms with E-state index >= 15 is 0 Å². The van der Waals surface area contributed by atoms with Gasteiger partial charge in [-0.15, -0.1) is 0 Å². The molecule has 5 heteroatoms. The molecule has 174 valence electrons. The van der Waals surface area contributed by atoms with Gasteiger partial charge in [0.25, 0.3) is 0 Å². The first-order valence-corrected chi connectivity index (χ1v) is 10.8. The first-order chi connectivity index (χ1) is 16.6. The molecule has 0 heterocycles. The van der Waals surface area contributed by atoms with Crippen LogP contribution in [-0.2, 0) is 14.3 Å². The molecule has 0 aliphatic rings. The van der Waals surface area contributed by atoms with Gasteiger partial charge in [0.05, 0.1) is 19.6 Å². The van der Waals surface area contributed by atoms with Gasteiger partial charge in [-0.05, 0) is 65.6 Å². The highest BCUT2D eigenvalue weighted by Gasteiger charge is 2.03. The summed E-state index contributed by atoms with van der Waals surface area (Å²) in [5, 5.41) is 0. The fourth-order valence-electron chi connectivity index (χ4n) is 3.02. The standard InChI is InChI=1S/C29H28O5/c1-22(2)29(30)34-21-5-20-33-28-16-12-26(13-17-28)24-8-6-23(7-9-24)25-10-14-27(15-11-25)32-19-4-18-31-3/h4-18,21H,1,19-20H2,2-3H3/b18-4+,21-5+. The van der Waals surface area contributed by atoms with E-state index < -0.39 is 5.97 Å². The first-order valence-electron chi connectivity index (χ1n) is 10.8. The number of esters is 1. The summed E-state index contributed by atoms with van der Waals surface area (Å²) in [6, 6.07) is 24.3. The number of rotatable bonds is 11. The molecule has 0 fully saturated rings. The van der Waals surface area contributed by atoms with Crippen molar-refractivity contribution in [3.63, 3.8) is 0 Å². The summed E-state index contributed by atoms with van der Waals surface area (Å²) in [6.45, 7) is 5.88. The van der Waals surface area contributed by atoms with E-state index in [9.17, 15) is 4.79 Å². The van der Waals surface area contributed by atoms with Crippen molar-refractivity contribution >= 4 is 5.97 Å². The van der Waals surface area contributed by atoms with Crippen LogP contribution < -0.4 is 9.47 Å². The Labute approximate surface area is 200 Å². The van der Waals surface area contributed by atoms with Crippen LogP contribution in [0.25, 0.3) is 22.3 Å². The van der Waals surface area contributed by atoms with Gasteiger partial charge in [-0.25, -0.2) is 4.79 Å². The van der Waals surface area contributed by atoms with E-state index in [1.54, 1.807) is 26.4 Å². The lowest BCUT2D eigenvalue weighted by atomic mass is 10.0. The molecular weight excluding hydrogens is 428 g/mol. The summed E-state index contributed by atoms with van der Waals surface area (Å²) in [7, 11) is 1.61. The van der Waals surface area contributed by atoms with Crippen LogP contribution in [-0.4, -0.2) is 26.3 Å². The molecule has 0 aromatic heterocycles. The first kappa shape index (κ1) is 24.4. The molecule has 0 spiro atoms. The number of carbonyl (C=O) groups is 1. The second-order valence-corrected chi connectivity index (χ2v) is 7.41. The van der Waals surface area contributed by atoms with E-state index in [-0.39, 0.29) is 0 Å². The van der Waals surface area contributed by atoms with Gasteiger partial charge in [0, 0.05) is 5.57 Å². The maximum Gasteiger partial charge on any atom is 0.337 e. The minimum absolute atomic E-state index is 0.297. The minimum Gasteiger partial charge on any atom is -0.505 e. The third-order valence-electron chi connectivity index (χ3n) is 4.80. The lowest BCUT2D eigenvalue weighted by Gasteiger charge is -2.08. The number of benzene rings is 3. The molecule has 5 nitrogen and oxygen atoms in total. The summed E-state index contributed by atoms with van der Waals surface area (Å²) in [4.78, 5) is 11.3. The molecule has 0 unspecified atom stereocenters. The molecule has 34 heavy (non-hydrogen) atoms. The van der Waals surface area contributed by atoms with Crippen LogP contribution in [0.15, 0.2) is 110 Å². The van der Waals surface area contributed by atoms with Crippen LogP contribution in [0.4, 0.5) is 0 Å². The second kappa shape index (κ2) is 12.7. The number of ether oxygens (including phenoxy) is 4. The molecule has 0 radical (unpaired) electrons. The van der Waals surface area contributed by atoms with Crippen LogP contribution in [0.3, 0.4) is 0 Å². The lowest BCUT2D eigenvalue weighted by molar-refractivity contribution is -0.133. The molecule has 0 N–H and O–H groups in total. The average Bonchev–Trinajstić information content (AvgIpc) is 2.87. The maximum absolute atomic E-state index is 11.3. The molecule has 0 saturated carbocycles. The quantitative estimate of drug-likeness (QED) is 0.186. The van der Waals surface area contributed by atoms with Crippen LogP contribution in [0.2, 0.25) is 0 Å². The summed E-state index contributed by atoms with van der Waals surface area (Å²) >= 11 is 0. The Morgan fingerprint density at radius 1 is 0.706 bits per heavy atom. The Bertz CT molecular complexity index is 1120. The third kappa shape index (κ3) is 7.41. The minimum atomic E-state index is -0.455. The highest BCUT2D eigenvalue weighted by Crippen LogP contribution is 2.27. The topological polar surface area (TPSA) is 54.0 Å². The predicted molar refractivity (Wildman–Crippen MR) is 134 cm³/mol. The van der Waals surface area contributed by atoms with E-state index in [0.717, 1.165) is 33.8 Å². The Morgan fingerprint density at radius 2 is 1.09 bits per heavy atom. The zero-order chi connectivity index (χ0) is 24.2. The molecule has 3 rings (SSSR count). The van der Waals surface area contributed by atoms with Gasteiger partial charge in [-0.1, -0.05) is 55.1 Å². The fraction of sp³-hybridized carbons (Fsp3) is 0.138. The summed E-state index contributed by atoms with van der Waals surface area (Å²) in [5.74, 6) is 1.09. The van der Waals surface area contributed by atoms with Crippen molar-refractivity contribution in [2.24, 2.45) is 0 Å². The Hall–Kier alpha value is -4.25. The third-order valence-corrected chi connectivity index (χ3v) is 4.80. The zero-order valence-corrected chi connectivity index (χ0v) is 19.4. The van der Waals surface area contributed by atoms with E-state index in [0.29, 0.717) is 18.8 Å². The van der Waals surface area contributed by atoms with E-state index in [4.69, 9.17) is 18.9 Å².